The van der Waals surface area contributed by atoms with Gasteiger partial charge in [-0.2, -0.15) is 0 Å². The molecule has 214 valence electrons. The molecule has 0 radical (unpaired) electrons. The number of nitrogens with one attached hydrogen (secondary N) is 1. The second-order valence-corrected chi connectivity index (χ2v) is 10.1. The van der Waals surface area contributed by atoms with Crippen molar-refractivity contribution in [3.63, 3.8) is 0 Å². The number of hydrogen-bond acceptors (Lipinski definition) is 7. The summed E-state index contributed by atoms with van der Waals surface area (Å²) in [5.74, 6) is -0.488. The van der Waals surface area contributed by atoms with Gasteiger partial charge in [0.1, 0.15) is 18.5 Å². The van der Waals surface area contributed by atoms with Crippen LogP contribution in [0.25, 0.3) is 0 Å². The number of ether oxygens (including phenoxy) is 2. The number of rotatable bonds is 16. The molecule has 3 rings (SSSR count). The molecule has 0 spiro atoms. The molecule has 39 heavy (non-hydrogen) atoms. The van der Waals surface area contributed by atoms with E-state index in [4.69, 9.17) is 9.47 Å². The summed E-state index contributed by atoms with van der Waals surface area (Å²) < 4.78 is 11.7. The average molecular weight is 543 g/mol. The lowest BCUT2D eigenvalue weighted by atomic mass is 9.77. The number of aliphatic hydroxyl groups is 2. The Balaban J connectivity index is 2.02. The van der Waals surface area contributed by atoms with Crippen LogP contribution in [-0.4, -0.2) is 78.3 Å². The molecule has 1 aromatic rings. The molecule has 1 aromatic carbocycles. The number of nitrogens with zero attached hydrogens (tertiary/aromatic N) is 1. The molecule has 2 aliphatic rings. The third-order valence-electron chi connectivity index (χ3n) is 7.39. The van der Waals surface area contributed by atoms with Crippen molar-refractivity contribution in [3.05, 3.63) is 47.6 Å². The Morgan fingerprint density at radius 3 is 2.67 bits per heavy atom. The van der Waals surface area contributed by atoms with Gasteiger partial charge in [0, 0.05) is 36.2 Å². The number of carbonyl (C=O) groups excluding carboxylic acids is 3. The predicted molar refractivity (Wildman–Crippen MR) is 148 cm³/mol. The van der Waals surface area contributed by atoms with Gasteiger partial charge in [0.05, 0.1) is 25.7 Å². The summed E-state index contributed by atoms with van der Waals surface area (Å²) >= 11 is 0. The number of amides is 2. The molecule has 0 saturated heterocycles. The monoisotopic (exact) mass is 542 g/mol. The Morgan fingerprint density at radius 1 is 1.21 bits per heavy atom. The van der Waals surface area contributed by atoms with Crippen LogP contribution in [0.4, 0.5) is 0 Å². The third kappa shape index (κ3) is 7.08. The Labute approximate surface area is 230 Å². The molecular formula is C30H42N2O7. The topological polar surface area (TPSA) is 125 Å². The van der Waals surface area contributed by atoms with Crippen molar-refractivity contribution in [2.45, 2.75) is 82.5 Å². The van der Waals surface area contributed by atoms with Gasteiger partial charge < -0.3 is 29.9 Å². The van der Waals surface area contributed by atoms with Crippen LogP contribution in [0.5, 0.6) is 11.5 Å². The van der Waals surface area contributed by atoms with E-state index in [-0.39, 0.29) is 19.1 Å². The van der Waals surface area contributed by atoms with E-state index in [0.717, 1.165) is 38.5 Å². The van der Waals surface area contributed by atoms with Crippen molar-refractivity contribution < 1.29 is 34.1 Å². The molecule has 9 heteroatoms. The highest BCUT2D eigenvalue weighted by atomic mass is 16.5. The Morgan fingerprint density at radius 2 is 2.00 bits per heavy atom. The highest BCUT2D eigenvalue weighted by Gasteiger charge is 2.51. The van der Waals surface area contributed by atoms with E-state index in [9.17, 15) is 24.6 Å². The van der Waals surface area contributed by atoms with Crippen LogP contribution in [0.15, 0.2) is 36.4 Å². The minimum Gasteiger partial charge on any atom is -0.493 e. The highest BCUT2D eigenvalue weighted by molar-refractivity contribution is 5.96. The molecule has 0 saturated carbocycles. The lowest BCUT2D eigenvalue weighted by molar-refractivity contribution is -0.137. The summed E-state index contributed by atoms with van der Waals surface area (Å²) in [7, 11) is 1.46. The van der Waals surface area contributed by atoms with Crippen molar-refractivity contribution in [2.75, 3.05) is 26.8 Å². The van der Waals surface area contributed by atoms with Gasteiger partial charge >= 0.3 is 0 Å². The standard InChI is InChI=1S/C30H42N2O7/c1-4-6-8-10-12-25(35)32(14-11-9-7-5-2)23-18-22(30(37)31-13-15-33)26-21-16-20(19-34)17-24(38-3)28(21)39-29(26)27(23)36/h4,16-19,23,26-27,29,33,36H,1,5-15H2,2-3H3,(H,31,37)/t23-,26+,27+,29+/m1/s1. The lowest BCUT2D eigenvalue weighted by Crippen LogP contribution is -2.56. The highest BCUT2D eigenvalue weighted by Crippen LogP contribution is 2.51. The van der Waals surface area contributed by atoms with E-state index in [0.29, 0.717) is 53.9 Å². The van der Waals surface area contributed by atoms with Crippen LogP contribution in [-0.2, 0) is 9.59 Å². The third-order valence-corrected chi connectivity index (χ3v) is 7.39. The van der Waals surface area contributed by atoms with Crippen LogP contribution < -0.4 is 14.8 Å². The van der Waals surface area contributed by atoms with Crippen LogP contribution in [0.1, 0.15) is 80.1 Å². The number of benzene rings is 1. The lowest BCUT2D eigenvalue weighted by Gasteiger charge is -2.41. The van der Waals surface area contributed by atoms with Crippen molar-refractivity contribution in [2.24, 2.45) is 0 Å². The first-order valence-corrected chi connectivity index (χ1v) is 13.9. The number of aldehydes is 1. The molecule has 0 bridgehead atoms. The van der Waals surface area contributed by atoms with E-state index in [1.54, 1.807) is 23.1 Å². The van der Waals surface area contributed by atoms with E-state index in [2.05, 4.69) is 18.8 Å². The summed E-state index contributed by atoms with van der Waals surface area (Å²) in [6.45, 7) is 6.13. The van der Waals surface area contributed by atoms with Crippen molar-refractivity contribution in [3.8, 4) is 11.5 Å². The Kier molecular flexibility index (Phi) is 11.6. The molecule has 0 fully saturated rings. The fourth-order valence-electron chi connectivity index (χ4n) is 5.42. The van der Waals surface area contributed by atoms with Gasteiger partial charge in [0.25, 0.3) is 0 Å². The molecule has 9 nitrogen and oxygen atoms in total. The smallest absolute Gasteiger partial charge is 0.247 e. The van der Waals surface area contributed by atoms with E-state index in [1.165, 1.54) is 7.11 Å². The fraction of sp³-hybridized carbons (Fsp3) is 0.567. The number of unbranched alkanes of at least 4 members (excludes halogenated alkanes) is 5. The van der Waals surface area contributed by atoms with E-state index in [1.807, 2.05) is 6.08 Å². The maximum absolute atomic E-state index is 13.5. The first-order valence-electron chi connectivity index (χ1n) is 13.9. The zero-order valence-corrected chi connectivity index (χ0v) is 23.1. The zero-order valence-electron chi connectivity index (χ0n) is 23.1. The maximum Gasteiger partial charge on any atom is 0.247 e. The minimum atomic E-state index is -1.12. The fourth-order valence-corrected chi connectivity index (χ4v) is 5.42. The number of hydrogen-bond donors (Lipinski definition) is 3. The van der Waals surface area contributed by atoms with Crippen LogP contribution in [0, 0.1) is 0 Å². The van der Waals surface area contributed by atoms with E-state index < -0.39 is 30.1 Å². The van der Waals surface area contributed by atoms with Crippen molar-refractivity contribution >= 4 is 18.1 Å². The predicted octanol–water partition coefficient (Wildman–Crippen LogP) is 3.29. The molecule has 0 aromatic heterocycles. The SMILES string of the molecule is C=CCCCCC(=O)N(CCCCCC)[C@@H]1C=C(C(=O)NCCO)[C@@H]2c3cc(C=O)cc(OC)c3O[C@@H]2[C@H]1O. The van der Waals surface area contributed by atoms with Crippen LogP contribution in [0.2, 0.25) is 0 Å². The Bertz CT molecular complexity index is 1050. The van der Waals surface area contributed by atoms with E-state index >= 15 is 0 Å². The number of carbonyl (C=O) groups is 3. The zero-order chi connectivity index (χ0) is 28.4. The summed E-state index contributed by atoms with van der Waals surface area (Å²) in [5.41, 5.74) is 1.24. The maximum atomic E-state index is 13.5. The first kappa shape index (κ1) is 30.4. The van der Waals surface area contributed by atoms with Gasteiger partial charge in [-0.15, -0.1) is 6.58 Å². The summed E-state index contributed by atoms with van der Waals surface area (Å²) in [6, 6.07) is 2.42. The largest absolute Gasteiger partial charge is 0.493 e. The quantitative estimate of drug-likeness (QED) is 0.166. The summed E-state index contributed by atoms with van der Waals surface area (Å²) in [6.07, 6.45) is 8.72. The minimum absolute atomic E-state index is 0.0508. The van der Waals surface area contributed by atoms with Crippen LogP contribution >= 0.6 is 0 Å². The molecule has 1 aliphatic heterocycles. The molecule has 4 atom stereocenters. The molecular weight excluding hydrogens is 500 g/mol. The van der Waals surface area contributed by atoms with Gasteiger partial charge in [-0.3, -0.25) is 14.4 Å². The number of aliphatic hydroxyl groups excluding tert-OH is 2. The normalized spacial score (nSPS) is 21.2. The summed E-state index contributed by atoms with van der Waals surface area (Å²) in [4.78, 5) is 40.2. The number of allylic oxidation sites excluding steroid dienone is 1. The molecule has 2 amide bonds. The van der Waals surface area contributed by atoms with Gasteiger partial charge in [-0.1, -0.05) is 32.3 Å². The van der Waals surface area contributed by atoms with Gasteiger partial charge in [-0.25, -0.2) is 0 Å². The van der Waals surface area contributed by atoms with Crippen LogP contribution in [0.3, 0.4) is 0 Å². The first-order chi connectivity index (χ1) is 18.9. The molecule has 0 unspecified atom stereocenters. The average Bonchev–Trinajstić information content (AvgIpc) is 3.34. The molecule has 1 heterocycles. The van der Waals surface area contributed by atoms with Gasteiger partial charge in [-0.05, 0) is 43.9 Å². The van der Waals surface area contributed by atoms with Gasteiger partial charge in [0.2, 0.25) is 11.8 Å². The van der Waals surface area contributed by atoms with Crippen molar-refractivity contribution in [1.29, 1.82) is 0 Å². The molecule has 1 aliphatic carbocycles. The molecule has 3 N–H and O–H groups in total. The number of methoxy groups -OCH3 is 1. The van der Waals surface area contributed by atoms with Crippen molar-refractivity contribution in [1.82, 2.24) is 10.2 Å². The number of fused-ring (bicyclic) bond motifs is 3. The second-order valence-electron chi connectivity index (χ2n) is 10.1. The second kappa shape index (κ2) is 14.8. The summed E-state index contributed by atoms with van der Waals surface area (Å²) in [5, 5.41) is 23.7. The van der Waals surface area contributed by atoms with Gasteiger partial charge in [0.15, 0.2) is 11.5 Å². The Hall–Kier alpha value is -3.17.